The van der Waals surface area contributed by atoms with Gasteiger partial charge in [0.15, 0.2) is 11.5 Å². The van der Waals surface area contributed by atoms with E-state index in [1.807, 2.05) is 0 Å². The van der Waals surface area contributed by atoms with Gasteiger partial charge in [-0.25, -0.2) is 0 Å². The number of amides is 1. The van der Waals surface area contributed by atoms with Crippen LogP contribution in [0.5, 0.6) is 11.5 Å². The molecule has 0 fully saturated rings. The van der Waals surface area contributed by atoms with Crippen molar-refractivity contribution in [2.45, 2.75) is 35.8 Å². The highest BCUT2D eigenvalue weighted by molar-refractivity contribution is 5.97. The molecule has 176 valence electrons. The molecule has 0 aromatic heterocycles. The number of carbonyl (C=O) groups is 1. The average molecular weight is 483 g/mol. The van der Waals surface area contributed by atoms with Crippen LogP contribution in [0.25, 0.3) is 0 Å². The van der Waals surface area contributed by atoms with Gasteiger partial charge in [-0.3, -0.25) is 4.79 Å². The molecule has 0 bridgehead atoms. The van der Waals surface area contributed by atoms with Crippen molar-refractivity contribution in [3.63, 3.8) is 0 Å². The molecule has 1 aromatic carbocycles. The number of anilines is 1. The topological polar surface area (TPSA) is 47.6 Å². The largest absolute Gasteiger partial charge is 0.460 e. The second kappa shape index (κ2) is 6.94. The molecule has 2 rings (SSSR count). The number of halogens is 13. The van der Waals surface area contributed by atoms with E-state index in [1.54, 1.807) is 0 Å². The summed E-state index contributed by atoms with van der Waals surface area (Å²) in [4.78, 5) is 11.4. The summed E-state index contributed by atoms with van der Waals surface area (Å²) in [5.74, 6) is -42.3. The van der Waals surface area contributed by atoms with E-state index in [9.17, 15) is 61.9 Å². The standard InChI is InChI=1S/C14H6F13NO3/c15-9(16,8(29)28-5-1-2-6-7(3-5)31-4-30-6)10(17,18)11(19,20)12(21,22)13(23,24)14(25,26)27/h1-3H,4H2,(H,28,29). The summed E-state index contributed by atoms with van der Waals surface area (Å²) < 4.78 is 179. The zero-order chi connectivity index (χ0) is 24.3. The van der Waals surface area contributed by atoms with Crippen molar-refractivity contribution < 1.29 is 71.3 Å². The maximum atomic E-state index is 13.7. The summed E-state index contributed by atoms with van der Waals surface area (Å²) in [6.45, 7) is -0.393. The highest BCUT2D eigenvalue weighted by atomic mass is 19.4. The molecule has 0 unspecified atom stereocenters. The Morgan fingerprint density at radius 1 is 0.710 bits per heavy atom. The second-order valence-corrected chi connectivity index (χ2v) is 5.89. The first kappa shape index (κ1) is 24.6. The SMILES string of the molecule is O=C(Nc1ccc2c(c1)OCO2)C(F)(F)C(F)(F)C(F)(F)C(F)(F)C(F)(F)C(F)(F)F. The van der Waals surface area contributed by atoms with E-state index < -0.39 is 54.2 Å². The van der Waals surface area contributed by atoms with Gasteiger partial charge in [0, 0.05) is 11.8 Å². The summed E-state index contributed by atoms with van der Waals surface area (Å²) in [6.07, 6.45) is -7.53. The summed E-state index contributed by atoms with van der Waals surface area (Å²) >= 11 is 0. The Morgan fingerprint density at radius 2 is 1.19 bits per heavy atom. The lowest BCUT2D eigenvalue weighted by Gasteiger charge is -2.39. The van der Waals surface area contributed by atoms with Crippen LogP contribution in [-0.2, 0) is 4.79 Å². The summed E-state index contributed by atoms with van der Waals surface area (Å²) in [5.41, 5.74) is -0.847. The van der Waals surface area contributed by atoms with Gasteiger partial charge in [-0.15, -0.1) is 0 Å². The van der Waals surface area contributed by atoms with Crippen LogP contribution in [0.1, 0.15) is 0 Å². The minimum atomic E-state index is -8.08. The molecule has 0 saturated heterocycles. The van der Waals surface area contributed by atoms with Crippen molar-refractivity contribution >= 4 is 11.6 Å². The molecule has 0 saturated carbocycles. The maximum Gasteiger partial charge on any atom is 0.460 e. The highest BCUT2D eigenvalue weighted by Crippen LogP contribution is 2.60. The Bertz CT molecular complexity index is 866. The van der Waals surface area contributed by atoms with E-state index in [0.29, 0.717) is 12.1 Å². The maximum absolute atomic E-state index is 13.7. The highest BCUT2D eigenvalue weighted by Gasteiger charge is 2.91. The molecule has 1 amide bonds. The molecule has 1 N–H and O–H groups in total. The third kappa shape index (κ3) is 3.46. The molecule has 1 aliphatic rings. The van der Waals surface area contributed by atoms with E-state index in [1.165, 1.54) is 0 Å². The first-order valence-electron chi connectivity index (χ1n) is 7.38. The Hall–Kier alpha value is -2.62. The van der Waals surface area contributed by atoms with E-state index >= 15 is 0 Å². The van der Waals surface area contributed by atoms with Crippen LogP contribution in [0.3, 0.4) is 0 Å². The van der Waals surface area contributed by atoms with E-state index in [0.717, 1.165) is 11.4 Å². The molecular formula is C14H6F13NO3. The smallest absolute Gasteiger partial charge is 0.454 e. The molecule has 0 spiro atoms. The first-order valence-corrected chi connectivity index (χ1v) is 7.38. The van der Waals surface area contributed by atoms with Crippen LogP contribution in [-0.4, -0.2) is 48.5 Å². The molecule has 0 radical (unpaired) electrons. The fraction of sp³-hybridized carbons (Fsp3) is 0.500. The minimum absolute atomic E-state index is 0.0318. The van der Waals surface area contributed by atoms with Gasteiger partial charge in [0.2, 0.25) is 6.79 Å². The van der Waals surface area contributed by atoms with E-state index in [-0.39, 0.29) is 11.5 Å². The van der Waals surface area contributed by atoms with Crippen molar-refractivity contribution in [2.75, 3.05) is 12.1 Å². The van der Waals surface area contributed by atoms with Crippen molar-refractivity contribution in [2.24, 2.45) is 0 Å². The van der Waals surface area contributed by atoms with Gasteiger partial charge in [0.25, 0.3) is 0 Å². The normalized spacial score (nSPS) is 15.8. The Labute approximate surface area is 161 Å². The van der Waals surface area contributed by atoms with Crippen LogP contribution in [0.2, 0.25) is 0 Å². The summed E-state index contributed by atoms with van der Waals surface area (Å²) in [5, 5.41) is 0.918. The molecule has 0 atom stereocenters. The molecule has 1 aliphatic heterocycles. The lowest BCUT2D eigenvalue weighted by molar-refractivity contribution is -0.435. The lowest BCUT2D eigenvalue weighted by Crippen LogP contribution is -2.71. The number of nitrogens with one attached hydrogen (secondary N) is 1. The number of fused-ring (bicyclic) bond motifs is 1. The van der Waals surface area contributed by atoms with Crippen LogP contribution in [0.15, 0.2) is 18.2 Å². The Morgan fingerprint density at radius 3 is 1.71 bits per heavy atom. The Balaban J connectivity index is 2.39. The first-order chi connectivity index (χ1) is 13.7. The monoisotopic (exact) mass is 483 g/mol. The van der Waals surface area contributed by atoms with Gasteiger partial charge in [0.1, 0.15) is 0 Å². The summed E-state index contributed by atoms with van der Waals surface area (Å²) in [6, 6.07) is 2.25. The van der Waals surface area contributed by atoms with Crippen LogP contribution in [0.4, 0.5) is 62.8 Å². The van der Waals surface area contributed by atoms with Crippen molar-refractivity contribution in [1.29, 1.82) is 0 Å². The number of alkyl halides is 13. The molecular weight excluding hydrogens is 477 g/mol. The zero-order valence-corrected chi connectivity index (χ0v) is 14.1. The minimum Gasteiger partial charge on any atom is -0.454 e. The molecule has 1 aromatic rings. The molecule has 1 heterocycles. The van der Waals surface area contributed by atoms with Gasteiger partial charge in [-0.2, -0.15) is 57.1 Å². The lowest BCUT2D eigenvalue weighted by atomic mass is 9.93. The molecule has 4 nitrogen and oxygen atoms in total. The number of hydrogen-bond donors (Lipinski definition) is 1. The third-order valence-corrected chi connectivity index (χ3v) is 3.85. The number of hydrogen-bond acceptors (Lipinski definition) is 3. The summed E-state index contributed by atoms with van der Waals surface area (Å²) in [7, 11) is 0. The van der Waals surface area contributed by atoms with Crippen LogP contribution in [0, 0.1) is 0 Å². The Kier molecular flexibility index (Phi) is 5.52. The molecule has 31 heavy (non-hydrogen) atoms. The molecule has 17 heteroatoms. The quantitative estimate of drug-likeness (QED) is 0.574. The van der Waals surface area contributed by atoms with E-state index in [2.05, 4.69) is 0 Å². The molecule has 0 aliphatic carbocycles. The van der Waals surface area contributed by atoms with Crippen LogP contribution >= 0.6 is 0 Å². The number of carbonyl (C=O) groups excluding carboxylic acids is 1. The third-order valence-electron chi connectivity index (χ3n) is 3.85. The van der Waals surface area contributed by atoms with Crippen molar-refractivity contribution in [3.8, 4) is 11.5 Å². The number of ether oxygens (including phenoxy) is 2. The second-order valence-electron chi connectivity index (χ2n) is 5.89. The zero-order valence-electron chi connectivity index (χ0n) is 14.1. The van der Waals surface area contributed by atoms with Gasteiger partial charge >= 0.3 is 41.7 Å². The number of benzene rings is 1. The van der Waals surface area contributed by atoms with Gasteiger partial charge in [-0.05, 0) is 12.1 Å². The van der Waals surface area contributed by atoms with Crippen LogP contribution < -0.4 is 14.8 Å². The van der Waals surface area contributed by atoms with Gasteiger partial charge in [-0.1, -0.05) is 0 Å². The van der Waals surface area contributed by atoms with Crippen molar-refractivity contribution in [1.82, 2.24) is 0 Å². The van der Waals surface area contributed by atoms with Crippen molar-refractivity contribution in [3.05, 3.63) is 18.2 Å². The average Bonchev–Trinajstić information content (AvgIpc) is 3.07. The fourth-order valence-corrected chi connectivity index (χ4v) is 2.10. The fourth-order valence-electron chi connectivity index (χ4n) is 2.10. The predicted molar refractivity (Wildman–Crippen MR) is 72.0 cm³/mol. The number of rotatable bonds is 6. The van der Waals surface area contributed by atoms with Gasteiger partial charge in [0.05, 0.1) is 0 Å². The van der Waals surface area contributed by atoms with Gasteiger partial charge < -0.3 is 14.8 Å². The van der Waals surface area contributed by atoms with E-state index in [4.69, 9.17) is 9.47 Å². The predicted octanol–water partition coefficient (Wildman–Crippen LogP) is 5.09.